The van der Waals surface area contributed by atoms with Gasteiger partial charge in [0.2, 0.25) is 38.5 Å². The van der Waals surface area contributed by atoms with E-state index < -0.39 is 14.2 Å². The van der Waals surface area contributed by atoms with E-state index in [9.17, 15) is 28.8 Å². The molecular weight excluding hydrogens is 2570 g/mol. The number of nitrogens with zero attached hydrogens (tertiary/aromatic N) is 22. The number of nitriles is 1. The number of carbonyl (C=O) groups excluding carboxylic acids is 6. The van der Waals surface area contributed by atoms with Gasteiger partial charge in [-0.05, 0) is 251 Å². The van der Waals surface area contributed by atoms with E-state index in [1.54, 1.807) is 90.6 Å². The minimum atomic E-state index is -1.26. The van der Waals surface area contributed by atoms with Gasteiger partial charge >= 0.3 is 138 Å². The molecule has 6 amide bonds. The molecule has 0 bridgehead atoms. The van der Waals surface area contributed by atoms with Crippen LogP contribution in [0.2, 0.25) is 0 Å². The Morgan fingerprint density at radius 3 is 0.430 bits per heavy atom. The van der Waals surface area contributed by atoms with Gasteiger partial charge in [0.15, 0.2) is 0 Å². The zero-order chi connectivity index (χ0) is 86.6. The van der Waals surface area contributed by atoms with Gasteiger partial charge in [-0.25, -0.2) is 30.6 Å². The third kappa shape index (κ3) is 92.7. The molecule has 50 heteroatoms. The normalized spacial score (nSPS) is 8.50. The van der Waals surface area contributed by atoms with Crippen molar-refractivity contribution in [1.29, 1.82) is 5.26 Å². The Morgan fingerprint density at radius 2 is 0.398 bits per heavy atom. The van der Waals surface area contributed by atoms with Crippen molar-refractivity contribution >= 4 is 212 Å². The van der Waals surface area contributed by atoms with Crippen molar-refractivity contribution in [2.24, 2.45) is 0 Å². The van der Waals surface area contributed by atoms with E-state index in [1.165, 1.54) is 128 Å². The quantitative estimate of drug-likeness (QED) is 0.0169. The zero-order valence-corrected chi connectivity index (χ0v) is 108. The fourth-order valence-corrected chi connectivity index (χ4v) is 10.8. The van der Waals surface area contributed by atoms with Crippen LogP contribution in [0.5, 0.6) is 0 Å². The second kappa shape index (κ2) is 120. The minimum absolute atomic E-state index is 0. The zero-order valence-electron chi connectivity index (χ0n) is 83.9. The molecule has 0 spiro atoms. The first-order chi connectivity index (χ1) is 50.9. The van der Waals surface area contributed by atoms with Gasteiger partial charge in [0, 0.05) is 126 Å². The van der Waals surface area contributed by atoms with Crippen molar-refractivity contribution in [1.82, 2.24) is 87.5 Å². The molecule has 0 aliphatic carbocycles. The summed E-state index contributed by atoms with van der Waals surface area (Å²) in [5, 5.41) is 35.5. The average Bonchev–Trinajstić information content (AvgIpc) is 1.63. The van der Waals surface area contributed by atoms with Gasteiger partial charge in [0.05, 0.1) is 119 Å². The predicted molar refractivity (Wildman–Crippen MR) is 535 cm³/mol. The number of rotatable bonds is 26. The molecule has 128 heavy (non-hydrogen) atoms. The number of aromatic nitrogens is 12. The summed E-state index contributed by atoms with van der Waals surface area (Å²) in [6, 6.07) is 14.3. The molecule has 0 fully saturated rings. The summed E-state index contributed by atoms with van der Waals surface area (Å²) >= 11 is 0. The smallest absolute Gasteiger partial charge is 2.00 e. The van der Waals surface area contributed by atoms with Gasteiger partial charge in [-0.2, -0.15) is 5.26 Å². The number of thiol groups is 2. The van der Waals surface area contributed by atoms with E-state index in [2.05, 4.69) is 189 Å². The fourth-order valence-electron chi connectivity index (χ4n) is 10.8. The number of quaternary nitrogens is 3. The summed E-state index contributed by atoms with van der Waals surface area (Å²) in [7, 11) is 17.7. The van der Waals surface area contributed by atoms with Crippen LogP contribution in [-0.2, 0) is 286 Å². The Hall–Kier alpha value is 0.392. The molecule has 0 aromatic carbocycles. The fraction of sp³-hybridized carbons (Fsp3) is 0.679. The van der Waals surface area contributed by atoms with E-state index in [0.29, 0.717) is 0 Å². The van der Waals surface area contributed by atoms with E-state index in [4.69, 9.17) is 40.6 Å². The van der Waals surface area contributed by atoms with Gasteiger partial charge in [0.25, 0.3) is 0 Å². The summed E-state index contributed by atoms with van der Waals surface area (Å²) in [5.41, 5.74) is 12.8. The summed E-state index contributed by atoms with van der Waals surface area (Å²) in [5.74, 6) is 0. The van der Waals surface area contributed by atoms with E-state index in [0.717, 1.165) is 120 Å². The molecule has 0 unspecified atom stereocenters. The molecule has 6 rings (SSSR count). The van der Waals surface area contributed by atoms with Crippen LogP contribution >= 0.6 is 0 Å². The maximum absolute atomic E-state index is 9.43. The number of carbonyl (C=O) groups is 6. The van der Waals surface area contributed by atoms with Crippen LogP contribution in [0.3, 0.4) is 0 Å². The minimum Gasteiger partial charge on any atom is -2.00 e. The van der Waals surface area contributed by atoms with Gasteiger partial charge in [-0.1, -0.05) is 0 Å². The Kier molecular flexibility index (Phi) is 186. The second-order valence-electron chi connectivity index (χ2n) is 27.6. The number of hydrogen-bond acceptors (Lipinski definition) is 16. The van der Waals surface area contributed by atoms with Crippen LogP contribution in [0, 0.1) is 94.4 Å². The summed E-state index contributed by atoms with van der Waals surface area (Å²) < 4.78 is 21.0. The number of ether oxygens (including phenoxy) is 1. The van der Waals surface area contributed by atoms with Crippen LogP contribution in [0.25, 0.3) is 0 Å². The molecule has 6 heterocycles. The molecule has 0 N–H and O–H groups in total. The first-order valence-corrected chi connectivity index (χ1v) is 38.6. The van der Waals surface area contributed by atoms with Crippen LogP contribution in [0.4, 0.5) is 0 Å². The van der Waals surface area contributed by atoms with E-state index >= 15 is 0 Å². The van der Waals surface area contributed by atoms with Crippen molar-refractivity contribution in [3.8, 4) is 6.07 Å². The molecule has 0 aliphatic rings. The molecule has 760 valence electrons. The summed E-state index contributed by atoms with van der Waals surface area (Å²) in [4.78, 5) is 65.2. The molecular formula is C78H161B2Fe6N22O7S8Se3W2-3. The van der Waals surface area contributed by atoms with Crippen LogP contribution in [0.15, 0.2) is 36.4 Å². The molecule has 0 aliphatic heterocycles. The summed E-state index contributed by atoms with van der Waals surface area (Å²) in [6.07, 6.45) is 4.50. The van der Waals surface area contributed by atoms with Crippen molar-refractivity contribution in [3.63, 3.8) is 0 Å². The first kappa shape index (κ1) is 199. The molecule has 6 aromatic heterocycles. The maximum Gasteiger partial charge on any atom is 3.00 e. The Labute approximate surface area is 959 Å². The molecule has 6 aromatic rings. The van der Waals surface area contributed by atoms with Crippen molar-refractivity contribution in [3.05, 3.63) is 105 Å². The number of hydrogen-bond donors (Lipinski definition) is 0. The van der Waals surface area contributed by atoms with Crippen molar-refractivity contribution in [2.75, 3.05) is 176 Å². The molecule has 29 nitrogen and oxygen atoms in total. The Balaban J connectivity index is -0.0000000382. The molecule has 0 atom stereocenters. The Morgan fingerprint density at radius 1 is 0.312 bits per heavy atom. The summed E-state index contributed by atoms with van der Waals surface area (Å²) in [6.45, 7) is 74.3. The second-order valence-corrected chi connectivity index (χ2v) is 27.6. The first-order valence-electron chi connectivity index (χ1n) is 38.6. The maximum atomic E-state index is 9.43. The third-order valence-electron chi connectivity index (χ3n) is 18.0. The van der Waals surface area contributed by atoms with Gasteiger partial charge < -0.3 is 234 Å². The monoisotopic (exact) mass is 2740 g/mol. The van der Waals surface area contributed by atoms with Crippen LogP contribution < -0.4 is 0 Å². The third-order valence-corrected chi connectivity index (χ3v) is 18.0. The van der Waals surface area contributed by atoms with Gasteiger partial charge in [-0.3, -0.25) is 28.8 Å². The SMILES string of the molecule is CC#N.CCOCC.CC[N+](CC)(CC)CC.CC[N+](CC)(CC)CC.CC[N+](CC)(CC)CC.CN(C)C=O.CN(C)C=O.CN(C)C=O.CN(C)C=O.CN(C)C=O.CN(C)C=O.Cc1cc(C)n([BH-](n2nc(C)cc2C)n2nc(C)cc2C)n1.Cc1cc(C)n([BH-](n2nc(C)cc2C)n2nc(C)cc2C)n1.[Fe+2].[Fe+2].[Fe+2].[Fe+2].[Fe+3].[Fe+3].[S-2].[S-2].[S-2].[S-2].[S-2].[S-2].[SH-].[SH-].[Se-2].[Se-2].[Se-2].[W+2].[W]. The Bertz CT molecular complexity index is 2850. The largest absolute Gasteiger partial charge is 3.00 e. The number of amides is 6. The van der Waals surface area contributed by atoms with Crippen LogP contribution in [0.1, 0.15) is 172 Å². The topological polar surface area (TPSA) is 262 Å². The predicted octanol–water partition coefficient (Wildman–Crippen LogP) is 7.31. The molecule has 0 saturated heterocycles. The van der Waals surface area contributed by atoms with E-state index in [1.807, 2.05) is 55.4 Å². The standard InChI is InChI=1S/2C15H22BN6.3C8H20N.C4H10O.6C3H7NO.C2H3N.6Fe.2H2S.6S.3Se.2W/c2*1-10-7-13(4)20(17-10)16(21-14(5)8-11(2)18-21)22-15(6)9-12(3)19-22;3*1-5-9(6-2,7-3)8-4;1-3-5-4-2;6*1-4(2)3-5;1-2-3;;;;;;;;;;;;;;;;;;;/h2*7-9,16H,1-6H3;3*5-8H2,1-4H3;3-4H2,1-2H3;6*3H,1-2H3;1H3;;;;;;;2*1H2;;;;;;;;;;;/q2*-1;3*+1;;;;;;;;;4*+2;2*+3;;;9*-2;;+2/p-2. The molecule has 0 saturated carbocycles. The van der Waals surface area contributed by atoms with Crippen LogP contribution in [-0.4, -0.2) is 381 Å². The van der Waals surface area contributed by atoms with Gasteiger partial charge in [0.1, 0.15) is 0 Å². The van der Waals surface area contributed by atoms with Gasteiger partial charge in [-0.15, -0.1) is 0 Å². The molecule has 2 radical (unpaired) electrons. The average molecular weight is 2740 g/mol. The number of aryl methyl sites for hydroxylation is 12. The van der Waals surface area contributed by atoms with Crippen molar-refractivity contribution < 1.29 is 191 Å². The van der Waals surface area contributed by atoms with E-state index in [-0.39, 0.29) is 304 Å². The van der Waals surface area contributed by atoms with Crippen molar-refractivity contribution in [2.45, 2.75) is 187 Å².